The van der Waals surface area contributed by atoms with Crippen LogP contribution >= 0.6 is 0 Å². The maximum atomic E-state index is 12.8. The molecule has 1 amide bonds. The van der Waals surface area contributed by atoms with Gasteiger partial charge in [0.15, 0.2) is 0 Å². The molecule has 0 aliphatic heterocycles. The Labute approximate surface area is 181 Å². The summed E-state index contributed by atoms with van der Waals surface area (Å²) in [6.07, 6.45) is -1.51. The summed E-state index contributed by atoms with van der Waals surface area (Å²) in [6, 6.07) is 23.1. The number of para-hydroxylation sites is 1. The van der Waals surface area contributed by atoms with Gasteiger partial charge in [0.05, 0.1) is 23.0 Å². The zero-order chi connectivity index (χ0) is 22.6. The molecule has 32 heavy (non-hydrogen) atoms. The third kappa shape index (κ3) is 4.75. The van der Waals surface area contributed by atoms with E-state index in [4.69, 9.17) is 0 Å². The van der Waals surface area contributed by atoms with Gasteiger partial charge in [-0.15, -0.1) is 0 Å². The van der Waals surface area contributed by atoms with Gasteiger partial charge in [-0.1, -0.05) is 60.7 Å². The largest absolute Gasteiger partial charge is 0.416 e. The Morgan fingerprint density at radius 3 is 2.16 bits per heavy atom. The SMILES string of the molecule is O=C(N/N=C/c1ccc(C(F)(F)F)cc1)c1cn(-c2ccccc2)nc1-c1ccccc1. The van der Waals surface area contributed by atoms with Crippen LogP contribution in [0, 0.1) is 0 Å². The fourth-order valence-electron chi connectivity index (χ4n) is 3.05. The molecule has 4 aromatic rings. The molecule has 3 aromatic carbocycles. The quantitative estimate of drug-likeness (QED) is 0.341. The maximum Gasteiger partial charge on any atom is 0.416 e. The van der Waals surface area contributed by atoms with Gasteiger partial charge < -0.3 is 0 Å². The highest BCUT2D eigenvalue weighted by molar-refractivity contribution is 6.00. The lowest BCUT2D eigenvalue weighted by Crippen LogP contribution is -2.18. The Balaban J connectivity index is 1.57. The summed E-state index contributed by atoms with van der Waals surface area (Å²) in [5.74, 6) is -0.491. The van der Waals surface area contributed by atoms with Crippen molar-refractivity contribution in [1.29, 1.82) is 0 Å². The summed E-state index contributed by atoms with van der Waals surface area (Å²) < 4.78 is 39.6. The van der Waals surface area contributed by atoms with Crippen molar-refractivity contribution in [2.75, 3.05) is 0 Å². The van der Waals surface area contributed by atoms with E-state index >= 15 is 0 Å². The summed E-state index contributed by atoms with van der Waals surface area (Å²) in [5, 5.41) is 8.45. The Morgan fingerprint density at radius 2 is 1.53 bits per heavy atom. The highest BCUT2D eigenvalue weighted by Crippen LogP contribution is 2.29. The standard InChI is InChI=1S/C24H17F3N4O/c25-24(26,27)19-13-11-17(12-14-19)15-28-29-23(32)21-16-31(20-9-5-2-6-10-20)30-22(21)18-7-3-1-4-8-18/h1-16H,(H,29,32)/b28-15+. The molecule has 4 rings (SSSR count). The van der Waals surface area contributed by atoms with Gasteiger partial charge in [-0.05, 0) is 29.8 Å². The summed E-state index contributed by atoms with van der Waals surface area (Å²) in [5.41, 5.74) is 4.43. The molecule has 160 valence electrons. The average Bonchev–Trinajstić information content (AvgIpc) is 3.26. The average molecular weight is 434 g/mol. The second kappa shape index (κ2) is 8.89. The van der Waals surface area contributed by atoms with Crippen LogP contribution in [0.1, 0.15) is 21.5 Å². The van der Waals surface area contributed by atoms with E-state index in [-0.39, 0.29) is 0 Å². The zero-order valence-corrected chi connectivity index (χ0v) is 16.6. The summed E-state index contributed by atoms with van der Waals surface area (Å²) in [7, 11) is 0. The summed E-state index contributed by atoms with van der Waals surface area (Å²) in [4.78, 5) is 12.8. The smallest absolute Gasteiger partial charge is 0.267 e. The molecule has 1 N–H and O–H groups in total. The number of alkyl halides is 3. The number of aromatic nitrogens is 2. The first kappa shape index (κ1) is 21.0. The van der Waals surface area contributed by atoms with Crippen LogP contribution in [0.25, 0.3) is 16.9 Å². The van der Waals surface area contributed by atoms with Crippen molar-refractivity contribution in [3.05, 3.63) is 108 Å². The van der Waals surface area contributed by atoms with Crippen molar-refractivity contribution >= 4 is 12.1 Å². The number of halogens is 3. The minimum absolute atomic E-state index is 0.310. The van der Waals surface area contributed by atoms with Crippen molar-refractivity contribution in [2.24, 2.45) is 5.10 Å². The highest BCUT2D eigenvalue weighted by Gasteiger charge is 2.29. The third-order valence-corrected chi connectivity index (χ3v) is 4.64. The van der Waals surface area contributed by atoms with E-state index < -0.39 is 17.6 Å². The number of hydrogen-bond acceptors (Lipinski definition) is 3. The van der Waals surface area contributed by atoms with Crippen molar-refractivity contribution in [3.8, 4) is 16.9 Å². The maximum absolute atomic E-state index is 12.8. The van der Waals surface area contributed by atoms with Crippen molar-refractivity contribution in [2.45, 2.75) is 6.18 Å². The fraction of sp³-hybridized carbons (Fsp3) is 0.0417. The molecular formula is C24H17F3N4O. The Kier molecular flexibility index (Phi) is 5.85. The molecule has 8 heteroatoms. The van der Waals surface area contributed by atoms with E-state index in [1.807, 2.05) is 60.7 Å². The number of carbonyl (C=O) groups is 1. The zero-order valence-electron chi connectivity index (χ0n) is 16.6. The predicted molar refractivity (Wildman–Crippen MR) is 116 cm³/mol. The molecule has 0 saturated heterocycles. The number of nitrogens with one attached hydrogen (secondary N) is 1. The second-order valence-corrected chi connectivity index (χ2v) is 6.86. The van der Waals surface area contributed by atoms with E-state index in [1.54, 1.807) is 10.9 Å². The summed E-state index contributed by atoms with van der Waals surface area (Å²) >= 11 is 0. The lowest BCUT2D eigenvalue weighted by molar-refractivity contribution is -0.137. The van der Waals surface area contributed by atoms with Crippen LogP contribution in [0.15, 0.2) is 96.2 Å². The van der Waals surface area contributed by atoms with E-state index in [9.17, 15) is 18.0 Å². The fourth-order valence-corrected chi connectivity index (χ4v) is 3.05. The van der Waals surface area contributed by atoms with E-state index in [2.05, 4.69) is 15.6 Å². The number of benzene rings is 3. The number of carbonyl (C=O) groups excluding carboxylic acids is 1. The number of hydrogen-bond donors (Lipinski definition) is 1. The molecule has 1 aromatic heterocycles. The van der Waals surface area contributed by atoms with Crippen LogP contribution in [-0.2, 0) is 6.18 Å². The molecule has 0 atom stereocenters. The molecule has 0 radical (unpaired) electrons. The first-order valence-corrected chi connectivity index (χ1v) is 9.63. The van der Waals surface area contributed by atoms with Gasteiger partial charge in [0.25, 0.3) is 5.91 Å². The second-order valence-electron chi connectivity index (χ2n) is 6.86. The first-order chi connectivity index (χ1) is 15.4. The van der Waals surface area contributed by atoms with Gasteiger partial charge in [0.1, 0.15) is 5.69 Å². The molecule has 1 heterocycles. The minimum atomic E-state index is -4.41. The Morgan fingerprint density at radius 1 is 0.906 bits per heavy atom. The topological polar surface area (TPSA) is 59.3 Å². The van der Waals surface area contributed by atoms with Gasteiger partial charge >= 0.3 is 6.18 Å². The molecule has 5 nitrogen and oxygen atoms in total. The van der Waals surface area contributed by atoms with Crippen molar-refractivity contribution in [1.82, 2.24) is 15.2 Å². The minimum Gasteiger partial charge on any atom is -0.267 e. The highest BCUT2D eigenvalue weighted by atomic mass is 19.4. The van der Waals surface area contributed by atoms with Crippen molar-refractivity contribution < 1.29 is 18.0 Å². The van der Waals surface area contributed by atoms with Crippen molar-refractivity contribution in [3.63, 3.8) is 0 Å². The van der Waals surface area contributed by atoms with Crippen LogP contribution in [0.3, 0.4) is 0 Å². The number of nitrogens with zero attached hydrogens (tertiary/aromatic N) is 3. The van der Waals surface area contributed by atoms with Crippen LogP contribution in [0.5, 0.6) is 0 Å². The lowest BCUT2D eigenvalue weighted by Gasteiger charge is -2.05. The van der Waals surface area contributed by atoms with Gasteiger partial charge in [0.2, 0.25) is 0 Å². The van der Waals surface area contributed by atoms with E-state index in [0.717, 1.165) is 23.4 Å². The lowest BCUT2D eigenvalue weighted by atomic mass is 10.1. The van der Waals surface area contributed by atoms with Gasteiger partial charge in [-0.3, -0.25) is 4.79 Å². The van der Waals surface area contributed by atoms with Crippen LogP contribution < -0.4 is 5.43 Å². The Hall–Kier alpha value is -4.20. The number of rotatable bonds is 5. The van der Waals surface area contributed by atoms with Crippen LogP contribution in [0.2, 0.25) is 0 Å². The number of amides is 1. The molecule has 0 aliphatic rings. The summed E-state index contributed by atoms with van der Waals surface area (Å²) in [6.45, 7) is 0. The van der Waals surface area contributed by atoms with Crippen LogP contribution in [-0.4, -0.2) is 21.9 Å². The monoisotopic (exact) mass is 434 g/mol. The molecule has 0 bridgehead atoms. The molecule has 0 spiro atoms. The predicted octanol–water partition coefficient (Wildman–Crippen LogP) is 5.32. The van der Waals surface area contributed by atoms with Crippen LogP contribution in [0.4, 0.5) is 13.2 Å². The third-order valence-electron chi connectivity index (χ3n) is 4.64. The number of hydrazone groups is 1. The Bertz CT molecular complexity index is 1230. The van der Waals surface area contributed by atoms with Gasteiger partial charge in [-0.2, -0.15) is 23.4 Å². The molecule has 0 fully saturated rings. The molecular weight excluding hydrogens is 417 g/mol. The first-order valence-electron chi connectivity index (χ1n) is 9.63. The molecule has 0 unspecified atom stereocenters. The van der Waals surface area contributed by atoms with E-state index in [0.29, 0.717) is 16.8 Å². The van der Waals surface area contributed by atoms with Gasteiger partial charge in [0, 0.05) is 11.8 Å². The van der Waals surface area contributed by atoms with E-state index in [1.165, 1.54) is 18.3 Å². The normalized spacial score (nSPS) is 11.6. The molecule has 0 aliphatic carbocycles. The molecule has 0 saturated carbocycles. The van der Waals surface area contributed by atoms with Gasteiger partial charge in [-0.25, -0.2) is 10.1 Å².